The fourth-order valence-corrected chi connectivity index (χ4v) is 12.7. The molecular weight excluding hydrogens is 1400 g/mol. The fraction of sp³-hybridized carbons (Fsp3) is 0.378. The number of benzene rings is 6. The van der Waals surface area contributed by atoms with Gasteiger partial charge in [-0.1, -0.05) is 36.4 Å². The number of carbonyl (C=O) groups excluding carboxylic acids is 9. The summed E-state index contributed by atoms with van der Waals surface area (Å²) in [6, 6.07) is 32.5. The fourth-order valence-electron chi connectivity index (χ4n) is 12.7. The molecule has 0 spiro atoms. The molecule has 0 saturated carbocycles. The summed E-state index contributed by atoms with van der Waals surface area (Å²) in [5.41, 5.74) is 17.8. The number of halogens is 3. The SMILES string of the molecule is CC(C)(C)OC(=O)NCCCC[C@@](N)(C(=O)Cc1c[nH]c2ccc(F)cc12)C(=O)Nc1ccc(C(c2ccc(NC(=O)[C@@](N)(CCCCNC(=O)OC(C)(C)C)C(=O)Cc3c[nH]c4ccc(F)cc34)cc2)c2ccc(NC(=O)[C@@](N)(CCCCNC(=O)OC(C)(C)C)C(=O)Cc3c[nH]c4ccc(F)cc34)cc2)cc1. The van der Waals surface area contributed by atoms with E-state index < -0.39 is 110 Å². The van der Waals surface area contributed by atoms with Crippen molar-refractivity contribution in [2.24, 2.45) is 17.2 Å². The average molecular weight is 1500 g/mol. The molecule has 6 aromatic carbocycles. The zero-order valence-electron chi connectivity index (χ0n) is 62.8. The molecule has 0 unspecified atom stereocenters. The highest BCUT2D eigenvalue weighted by Gasteiger charge is 2.44. The number of ether oxygens (including phenoxy) is 3. The second kappa shape index (κ2) is 34.8. The third kappa shape index (κ3) is 22.0. The Balaban J connectivity index is 1.00. The number of hydrogen-bond acceptors (Lipinski definition) is 15. The van der Waals surface area contributed by atoms with Gasteiger partial charge in [0, 0.05) is 113 Å². The summed E-state index contributed by atoms with van der Waals surface area (Å²) in [7, 11) is 0. The number of nitrogens with one attached hydrogen (secondary N) is 9. The average Bonchev–Trinajstić information content (AvgIpc) is 1.76. The minimum Gasteiger partial charge on any atom is -0.444 e. The molecule has 0 aliphatic carbocycles. The Morgan fingerprint density at radius 1 is 0.367 bits per heavy atom. The van der Waals surface area contributed by atoms with Crippen LogP contribution in [0.3, 0.4) is 0 Å². The van der Waals surface area contributed by atoms with Gasteiger partial charge >= 0.3 is 18.3 Å². The molecule has 0 saturated heterocycles. The quantitative estimate of drug-likeness (QED) is 0.00787. The lowest BCUT2D eigenvalue weighted by molar-refractivity contribution is -0.134. The molecule has 3 heterocycles. The third-order valence-electron chi connectivity index (χ3n) is 18.5. The van der Waals surface area contributed by atoms with Gasteiger partial charge in [0.2, 0.25) is 0 Å². The summed E-state index contributed by atoms with van der Waals surface area (Å²) in [6.45, 7) is 16.0. The monoisotopic (exact) mass is 1500 g/mol. The number of alkyl carbamates (subject to hydrolysis) is 3. The van der Waals surface area contributed by atoms with Gasteiger partial charge in [-0.2, -0.15) is 0 Å². The van der Waals surface area contributed by atoms with Gasteiger partial charge in [0.25, 0.3) is 17.7 Å². The minimum absolute atomic E-state index is 0.145. The molecule has 3 atom stereocenters. The van der Waals surface area contributed by atoms with Crippen molar-refractivity contribution < 1.29 is 70.5 Å². The topological polar surface area (TPSA) is 379 Å². The zero-order valence-corrected chi connectivity index (χ0v) is 62.8. The molecule has 9 aromatic rings. The number of unbranched alkanes of at least 4 members (excludes halogenated alkanes) is 3. The van der Waals surface area contributed by atoms with E-state index in [9.17, 15) is 56.3 Å². The Hall–Kier alpha value is -11.2. The summed E-state index contributed by atoms with van der Waals surface area (Å²) in [5.74, 6) is -6.70. The normalized spacial score (nSPS) is 13.5. The van der Waals surface area contributed by atoms with Crippen LogP contribution in [0.5, 0.6) is 0 Å². The van der Waals surface area contributed by atoms with Crippen molar-refractivity contribution in [2.45, 2.75) is 179 Å². The van der Waals surface area contributed by atoms with Crippen molar-refractivity contribution in [1.29, 1.82) is 0 Å². The Labute approximate surface area is 630 Å². The molecule has 0 fully saturated rings. The summed E-state index contributed by atoms with van der Waals surface area (Å²) >= 11 is 0. The third-order valence-corrected chi connectivity index (χ3v) is 18.5. The molecule has 27 heteroatoms. The number of Topliss-reactive ketones (excluding diaryl/α,β-unsaturated/α-hetero) is 3. The summed E-state index contributed by atoms with van der Waals surface area (Å²) in [4.78, 5) is 134. The smallest absolute Gasteiger partial charge is 0.407 e. The molecule has 9 rings (SSSR count). The van der Waals surface area contributed by atoms with Crippen LogP contribution in [0, 0.1) is 17.5 Å². The summed E-state index contributed by atoms with van der Waals surface area (Å²) in [6.07, 6.45) is 2.94. The summed E-state index contributed by atoms with van der Waals surface area (Å²) in [5, 5.41) is 17.9. The van der Waals surface area contributed by atoms with E-state index in [1.54, 1.807) is 154 Å². The molecular formula is C82H97F3N12O12. The molecule has 15 N–H and O–H groups in total. The maximum Gasteiger partial charge on any atom is 0.407 e. The van der Waals surface area contributed by atoms with Crippen LogP contribution in [0.25, 0.3) is 32.7 Å². The molecule has 24 nitrogen and oxygen atoms in total. The number of amides is 6. The van der Waals surface area contributed by atoms with Gasteiger partial charge in [0.15, 0.2) is 34.0 Å². The highest BCUT2D eigenvalue weighted by Crippen LogP contribution is 2.36. The first-order chi connectivity index (χ1) is 51.4. The number of H-pyrrole nitrogens is 3. The highest BCUT2D eigenvalue weighted by atomic mass is 19.1. The first kappa shape index (κ1) is 81.9. The number of aromatic amines is 3. The van der Waals surface area contributed by atoms with Gasteiger partial charge in [-0.05, 0) is 244 Å². The van der Waals surface area contributed by atoms with E-state index in [1.165, 1.54) is 54.6 Å². The standard InChI is InChI=1S/C82H97F3N12O12/c1-77(2,3)107-74(104)89-37-13-10-34-80(86,67(98)40-52-46-92-64-31-22-55(83)43-61(52)64)71(101)95-58-25-16-49(17-26-58)70(50-18-27-59(28-19-50)96-72(102)81(87,35-11-14-38-90-75(105)108-78(4,5)6)68(99)41-53-47-93-65-32-23-56(84)44-62(53)65)51-20-29-60(30-21-51)97-73(103)82(88,36-12-15-39-91-76(106)109-79(7,8)9)69(100)42-54-48-94-66-33-24-57(85)45-63(54)66/h16-33,43-48,70,92-94H,10-15,34-42,86-88H2,1-9H3,(H,89,104)(H,90,105)(H,91,106)(H,95,101)(H,96,102)(H,97,103)/t80-,81-,82-/m1/s1. The van der Waals surface area contributed by atoms with E-state index in [-0.39, 0.29) is 94.5 Å². The van der Waals surface area contributed by atoms with Crippen LogP contribution in [-0.2, 0) is 62.2 Å². The molecule has 578 valence electrons. The first-order valence-electron chi connectivity index (χ1n) is 36.3. The number of carbonyl (C=O) groups is 9. The molecule has 0 aliphatic rings. The van der Waals surface area contributed by atoms with Crippen LogP contribution >= 0.6 is 0 Å². The van der Waals surface area contributed by atoms with E-state index in [0.29, 0.717) is 85.4 Å². The predicted molar refractivity (Wildman–Crippen MR) is 412 cm³/mol. The van der Waals surface area contributed by atoms with Crippen LogP contribution in [0.1, 0.15) is 159 Å². The predicted octanol–water partition coefficient (Wildman–Crippen LogP) is 13.2. The largest absolute Gasteiger partial charge is 0.444 e. The van der Waals surface area contributed by atoms with Gasteiger partial charge in [0.05, 0.1) is 0 Å². The lowest BCUT2D eigenvalue weighted by atomic mass is 9.83. The van der Waals surface area contributed by atoms with E-state index in [1.807, 2.05) is 0 Å². The maximum absolute atomic E-state index is 14.7. The number of fused-ring (bicyclic) bond motifs is 3. The second-order valence-electron chi connectivity index (χ2n) is 30.5. The minimum atomic E-state index is -2.14. The lowest BCUT2D eigenvalue weighted by Crippen LogP contribution is -2.58. The lowest BCUT2D eigenvalue weighted by Gasteiger charge is -2.28. The number of rotatable bonds is 33. The van der Waals surface area contributed by atoms with Gasteiger partial charge in [-0.3, -0.25) is 28.8 Å². The number of ketones is 3. The molecule has 3 aromatic heterocycles. The number of anilines is 3. The van der Waals surface area contributed by atoms with Gasteiger partial charge in [-0.15, -0.1) is 0 Å². The van der Waals surface area contributed by atoms with Crippen molar-refractivity contribution in [1.82, 2.24) is 30.9 Å². The van der Waals surface area contributed by atoms with Crippen molar-refractivity contribution in [3.05, 3.63) is 197 Å². The van der Waals surface area contributed by atoms with E-state index >= 15 is 0 Å². The summed E-state index contributed by atoms with van der Waals surface area (Å²) < 4.78 is 59.8. The van der Waals surface area contributed by atoms with E-state index in [0.717, 1.165) is 0 Å². The molecule has 109 heavy (non-hydrogen) atoms. The Kier molecular flexibility index (Phi) is 26.2. The van der Waals surface area contributed by atoms with Crippen molar-refractivity contribution in [2.75, 3.05) is 35.6 Å². The van der Waals surface area contributed by atoms with Crippen LogP contribution in [0.4, 0.5) is 44.6 Å². The van der Waals surface area contributed by atoms with E-state index in [2.05, 4.69) is 46.9 Å². The zero-order chi connectivity index (χ0) is 79.2. The van der Waals surface area contributed by atoms with Crippen molar-refractivity contribution in [3.8, 4) is 0 Å². The van der Waals surface area contributed by atoms with Gasteiger partial charge in [0.1, 0.15) is 34.3 Å². The van der Waals surface area contributed by atoms with Crippen molar-refractivity contribution >= 4 is 103 Å². The van der Waals surface area contributed by atoms with Crippen molar-refractivity contribution in [3.63, 3.8) is 0 Å². The molecule has 6 amide bonds. The molecule has 0 radical (unpaired) electrons. The molecule has 0 bridgehead atoms. The van der Waals surface area contributed by atoms with Gasteiger partial charge in [-0.25, -0.2) is 27.6 Å². The maximum atomic E-state index is 14.7. The number of aromatic nitrogens is 3. The number of nitrogens with two attached hydrogens (primary N) is 3. The van der Waals surface area contributed by atoms with Crippen LogP contribution in [0.2, 0.25) is 0 Å². The first-order valence-corrected chi connectivity index (χ1v) is 36.3. The Morgan fingerprint density at radius 2 is 0.615 bits per heavy atom. The van der Waals surface area contributed by atoms with Crippen LogP contribution in [-0.4, -0.2) is 121 Å². The van der Waals surface area contributed by atoms with Gasteiger partial charge < -0.3 is 78.3 Å². The molecule has 0 aliphatic heterocycles. The van der Waals surface area contributed by atoms with Crippen LogP contribution < -0.4 is 49.1 Å². The highest BCUT2D eigenvalue weighted by molar-refractivity contribution is 6.18. The Morgan fingerprint density at radius 3 is 0.853 bits per heavy atom. The number of hydrogen-bond donors (Lipinski definition) is 12. The Bertz CT molecular complexity index is 4310. The second-order valence-corrected chi connectivity index (χ2v) is 30.5. The van der Waals surface area contributed by atoms with Crippen LogP contribution in [0.15, 0.2) is 146 Å². The van der Waals surface area contributed by atoms with E-state index in [4.69, 9.17) is 31.4 Å².